The minimum absolute atomic E-state index is 0.136. The van der Waals surface area contributed by atoms with Gasteiger partial charge in [0.1, 0.15) is 17.4 Å². The number of nitriles is 1. The molecule has 2 aromatic rings. The molecule has 0 bridgehead atoms. The Morgan fingerprint density at radius 3 is 2.63 bits per heavy atom. The van der Waals surface area contributed by atoms with Gasteiger partial charge in [-0.3, -0.25) is 14.9 Å². The second-order valence-corrected chi connectivity index (χ2v) is 5.70. The molecule has 2 N–H and O–H groups in total. The summed E-state index contributed by atoms with van der Waals surface area (Å²) in [6.45, 7) is 0.232. The van der Waals surface area contributed by atoms with Crippen LogP contribution >= 0.6 is 11.6 Å². The van der Waals surface area contributed by atoms with Crippen molar-refractivity contribution in [2.24, 2.45) is 0 Å². The van der Waals surface area contributed by atoms with Crippen molar-refractivity contribution >= 4 is 28.9 Å². The number of nitro benzene ring substituents is 1. The fourth-order valence-electron chi connectivity index (χ4n) is 2.09. The third kappa shape index (κ3) is 5.45. The maximum atomic E-state index is 12.1. The molecule has 0 atom stereocenters. The lowest BCUT2D eigenvalue weighted by Gasteiger charge is -2.09. The van der Waals surface area contributed by atoms with E-state index in [1.54, 1.807) is 30.3 Å². The number of hydrogen-bond donors (Lipinski definition) is 2. The van der Waals surface area contributed by atoms with Crippen LogP contribution in [0.5, 0.6) is 5.75 Å². The average Bonchev–Trinajstić information content (AvgIpc) is 2.67. The number of carbonyl (C=O) groups is 1. The Balaban J connectivity index is 2.07. The van der Waals surface area contributed by atoms with Gasteiger partial charge in [0.25, 0.3) is 11.6 Å². The van der Waals surface area contributed by atoms with Crippen molar-refractivity contribution in [3.8, 4) is 11.8 Å². The molecule has 2 rings (SSSR count). The summed E-state index contributed by atoms with van der Waals surface area (Å²) in [4.78, 5) is 22.4. The number of rotatable bonds is 7. The number of anilines is 1. The molecule has 0 aliphatic rings. The van der Waals surface area contributed by atoms with E-state index >= 15 is 0 Å². The van der Waals surface area contributed by atoms with E-state index in [1.165, 1.54) is 31.5 Å². The number of nitrogens with zero attached hydrogens (tertiary/aromatic N) is 2. The van der Waals surface area contributed by atoms with Crippen molar-refractivity contribution in [1.82, 2.24) is 5.32 Å². The average molecular weight is 387 g/mol. The summed E-state index contributed by atoms with van der Waals surface area (Å²) < 4.78 is 5.09. The Hall–Kier alpha value is -3.57. The van der Waals surface area contributed by atoms with Gasteiger partial charge in [0.05, 0.1) is 23.8 Å². The van der Waals surface area contributed by atoms with Crippen LogP contribution < -0.4 is 15.4 Å². The van der Waals surface area contributed by atoms with Gasteiger partial charge in [0.15, 0.2) is 0 Å². The van der Waals surface area contributed by atoms with Gasteiger partial charge < -0.3 is 15.4 Å². The van der Waals surface area contributed by atoms with E-state index in [0.717, 1.165) is 5.56 Å². The van der Waals surface area contributed by atoms with Gasteiger partial charge in [-0.1, -0.05) is 23.7 Å². The fourth-order valence-corrected chi connectivity index (χ4v) is 2.22. The number of carbonyl (C=O) groups excluding carboxylic acids is 1. The lowest BCUT2D eigenvalue weighted by Crippen LogP contribution is -2.24. The maximum Gasteiger partial charge on any atom is 0.273 e. The second kappa shape index (κ2) is 9.22. The molecule has 0 spiro atoms. The highest BCUT2D eigenvalue weighted by Gasteiger charge is 2.12. The number of non-ortho nitro benzene ring substituents is 1. The third-order valence-corrected chi connectivity index (χ3v) is 3.75. The molecule has 8 nitrogen and oxygen atoms in total. The molecule has 0 aromatic heterocycles. The summed E-state index contributed by atoms with van der Waals surface area (Å²) in [5, 5.41) is 26.0. The Labute approximate surface area is 160 Å². The Morgan fingerprint density at radius 1 is 1.33 bits per heavy atom. The molecule has 27 heavy (non-hydrogen) atoms. The zero-order valence-electron chi connectivity index (χ0n) is 14.2. The van der Waals surface area contributed by atoms with Crippen LogP contribution in [0, 0.1) is 21.4 Å². The topological polar surface area (TPSA) is 117 Å². The zero-order valence-corrected chi connectivity index (χ0v) is 15.0. The van der Waals surface area contributed by atoms with Gasteiger partial charge >= 0.3 is 0 Å². The highest BCUT2D eigenvalue weighted by Crippen LogP contribution is 2.29. The number of benzene rings is 2. The van der Waals surface area contributed by atoms with Gasteiger partial charge in [0.2, 0.25) is 0 Å². The van der Waals surface area contributed by atoms with Crippen LogP contribution in [0.15, 0.2) is 54.2 Å². The van der Waals surface area contributed by atoms with Crippen molar-refractivity contribution in [3.63, 3.8) is 0 Å². The van der Waals surface area contributed by atoms with E-state index in [0.29, 0.717) is 10.7 Å². The first-order chi connectivity index (χ1) is 12.9. The summed E-state index contributed by atoms with van der Waals surface area (Å²) in [6, 6.07) is 12.7. The Bertz CT molecular complexity index is 920. The molecule has 2 aromatic carbocycles. The van der Waals surface area contributed by atoms with E-state index in [1.807, 2.05) is 0 Å². The molecule has 1 amide bonds. The first kappa shape index (κ1) is 19.8. The molecule has 0 aliphatic carbocycles. The molecule has 9 heteroatoms. The molecule has 0 heterocycles. The van der Waals surface area contributed by atoms with Crippen LogP contribution in [0.3, 0.4) is 0 Å². The number of hydrogen-bond acceptors (Lipinski definition) is 6. The number of amides is 1. The number of halogens is 1. The third-order valence-electron chi connectivity index (χ3n) is 3.50. The van der Waals surface area contributed by atoms with E-state index in [9.17, 15) is 20.2 Å². The monoisotopic (exact) mass is 386 g/mol. The number of nitrogens with one attached hydrogen (secondary N) is 2. The zero-order chi connectivity index (χ0) is 19.8. The summed E-state index contributed by atoms with van der Waals surface area (Å²) in [5.74, 6) is -0.361. The van der Waals surface area contributed by atoms with Crippen LogP contribution in [0.4, 0.5) is 11.4 Å². The van der Waals surface area contributed by atoms with Crippen LogP contribution in [-0.4, -0.2) is 17.9 Å². The molecule has 0 saturated carbocycles. The Kier molecular flexibility index (Phi) is 6.74. The van der Waals surface area contributed by atoms with E-state index in [4.69, 9.17) is 16.3 Å². The smallest absolute Gasteiger partial charge is 0.273 e. The van der Waals surface area contributed by atoms with Crippen LogP contribution in [0.25, 0.3) is 0 Å². The molecule has 138 valence electrons. The number of nitro groups is 1. The minimum Gasteiger partial charge on any atom is -0.494 e. The van der Waals surface area contributed by atoms with E-state index < -0.39 is 10.8 Å². The van der Waals surface area contributed by atoms with Crippen molar-refractivity contribution in [3.05, 3.63) is 74.9 Å². The van der Waals surface area contributed by atoms with Gasteiger partial charge in [-0.15, -0.1) is 0 Å². The minimum atomic E-state index is -0.569. The molecule has 0 unspecified atom stereocenters. The maximum absolute atomic E-state index is 12.1. The first-order valence-electron chi connectivity index (χ1n) is 7.66. The van der Waals surface area contributed by atoms with Gasteiger partial charge in [-0.25, -0.2) is 0 Å². The summed E-state index contributed by atoms with van der Waals surface area (Å²) >= 11 is 5.80. The van der Waals surface area contributed by atoms with Gasteiger partial charge in [0, 0.05) is 23.8 Å². The molecular formula is C18H15ClN4O4. The fraction of sp³-hybridized carbons (Fsp3) is 0.111. The normalized spacial score (nSPS) is 10.6. The molecule has 0 fully saturated rings. The SMILES string of the molecule is COc1cc([N+](=O)[O-])ccc1N/C=C(/C#N)C(=O)NCc1ccc(Cl)cc1. The van der Waals surface area contributed by atoms with Crippen LogP contribution in [0.1, 0.15) is 5.56 Å². The Morgan fingerprint density at radius 2 is 2.04 bits per heavy atom. The van der Waals surface area contributed by atoms with Gasteiger partial charge in [-0.2, -0.15) is 5.26 Å². The molecule has 0 saturated heterocycles. The predicted octanol–water partition coefficient (Wildman–Crippen LogP) is 3.39. The lowest BCUT2D eigenvalue weighted by atomic mass is 10.2. The van der Waals surface area contributed by atoms with E-state index in [-0.39, 0.29) is 23.6 Å². The lowest BCUT2D eigenvalue weighted by molar-refractivity contribution is -0.384. The molecule has 0 radical (unpaired) electrons. The largest absolute Gasteiger partial charge is 0.494 e. The van der Waals surface area contributed by atoms with Crippen LogP contribution in [0.2, 0.25) is 5.02 Å². The standard InChI is InChI=1S/C18H15ClN4O4/c1-27-17-8-15(23(25)26)6-7-16(17)21-11-13(9-20)18(24)22-10-12-2-4-14(19)5-3-12/h2-8,11,21H,10H2,1H3,(H,22,24)/b13-11-. The van der Waals surface area contributed by atoms with Crippen molar-refractivity contribution in [1.29, 1.82) is 5.26 Å². The summed E-state index contributed by atoms with van der Waals surface area (Å²) in [6.07, 6.45) is 1.21. The summed E-state index contributed by atoms with van der Waals surface area (Å²) in [5.41, 5.74) is 0.906. The van der Waals surface area contributed by atoms with E-state index in [2.05, 4.69) is 10.6 Å². The first-order valence-corrected chi connectivity index (χ1v) is 8.04. The number of methoxy groups -OCH3 is 1. The van der Waals surface area contributed by atoms with Crippen LogP contribution in [-0.2, 0) is 11.3 Å². The number of ether oxygens (including phenoxy) is 1. The summed E-state index contributed by atoms with van der Waals surface area (Å²) in [7, 11) is 1.36. The quantitative estimate of drug-likeness (QED) is 0.326. The highest BCUT2D eigenvalue weighted by molar-refractivity contribution is 6.30. The van der Waals surface area contributed by atoms with Crippen molar-refractivity contribution in [2.75, 3.05) is 12.4 Å². The second-order valence-electron chi connectivity index (χ2n) is 5.26. The van der Waals surface area contributed by atoms with Crippen molar-refractivity contribution in [2.45, 2.75) is 6.54 Å². The van der Waals surface area contributed by atoms with Crippen molar-refractivity contribution < 1.29 is 14.5 Å². The predicted molar refractivity (Wildman–Crippen MR) is 100 cm³/mol. The molecule has 0 aliphatic heterocycles. The van der Waals surface area contributed by atoms with Gasteiger partial charge in [-0.05, 0) is 23.8 Å². The highest BCUT2D eigenvalue weighted by atomic mass is 35.5. The molecular weight excluding hydrogens is 372 g/mol.